The summed E-state index contributed by atoms with van der Waals surface area (Å²) < 4.78 is 22.3. The zero-order valence-electron chi connectivity index (χ0n) is 15.1. The third kappa shape index (κ3) is 4.15. The third-order valence-corrected chi connectivity index (χ3v) is 4.87. The van der Waals surface area contributed by atoms with Gasteiger partial charge in [-0.2, -0.15) is 0 Å². The molecule has 0 unspecified atom stereocenters. The molecular formula is C20H16BrClO6. The van der Waals surface area contributed by atoms with Crippen molar-refractivity contribution in [3.63, 3.8) is 0 Å². The molecule has 0 radical (unpaired) electrons. The maximum absolute atomic E-state index is 12.5. The number of rotatable bonds is 6. The third-order valence-electron chi connectivity index (χ3n) is 3.95. The zero-order chi connectivity index (χ0) is 20.3. The van der Waals surface area contributed by atoms with Gasteiger partial charge in [-0.3, -0.25) is 9.59 Å². The molecule has 0 N–H and O–H groups in total. The van der Waals surface area contributed by atoms with E-state index in [0.29, 0.717) is 31.9 Å². The minimum atomic E-state index is -0.375. The Kier molecular flexibility index (Phi) is 6.26. The summed E-state index contributed by atoms with van der Waals surface area (Å²) in [6, 6.07) is 9.64. The lowest BCUT2D eigenvalue weighted by molar-refractivity contribution is -0.149. The molecule has 1 heterocycles. The number of hydrogen-bond donors (Lipinski definition) is 0. The Morgan fingerprint density at radius 1 is 1.21 bits per heavy atom. The fourth-order valence-electron chi connectivity index (χ4n) is 2.54. The van der Waals surface area contributed by atoms with E-state index in [0.717, 1.165) is 0 Å². The van der Waals surface area contributed by atoms with Crippen molar-refractivity contribution in [1.82, 2.24) is 0 Å². The number of esters is 1. The second kappa shape index (κ2) is 8.67. The largest absolute Gasteiger partial charge is 0.496 e. The van der Waals surface area contributed by atoms with E-state index in [9.17, 15) is 9.59 Å². The fraction of sp³-hybridized carbons (Fsp3) is 0.200. The number of fused-ring (bicyclic) bond motifs is 1. The summed E-state index contributed by atoms with van der Waals surface area (Å²) in [7, 11) is 1.50. The second-order valence-electron chi connectivity index (χ2n) is 5.71. The minimum Gasteiger partial charge on any atom is -0.496 e. The maximum Gasteiger partial charge on any atom is 0.308 e. The zero-order valence-corrected chi connectivity index (χ0v) is 17.4. The molecule has 0 saturated heterocycles. The van der Waals surface area contributed by atoms with Crippen LogP contribution in [0.5, 0.6) is 11.5 Å². The van der Waals surface area contributed by atoms with Crippen molar-refractivity contribution in [3.8, 4) is 22.8 Å². The van der Waals surface area contributed by atoms with Gasteiger partial charge in [-0.05, 0) is 40.2 Å². The van der Waals surface area contributed by atoms with Gasteiger partial charge in [0.1, 0.15) is 17.3 Å². The molecule has 0 aliphatic carbocycles. The van der Waals surface area contributed by atoms with E-state index in [1.807, 2.05) is 0 Å². The molecule has 0 atom stereocenters. The number of para-hydroxylation sites is 1. The maximum atomic E-state index is 12.5. The van der Waals surface area contributed by atoms with Crippen molar-refractivity contribution >= 4 is 44.5 Å². The van der Waals surface area contributed by atoms with Crippen LogP contribution in [0.3, 0.4) is 0 Å². The Morgan fingerprint density at radius 2 is 2.00 bits per heavy atom. The lowest BCUT2D eigenvalue weighted by Crippen LogP contribution is -2.09. The SMILES string of the molecule is CCC(=O)OCOc1cc(-c2cc(=O)c3cccc(Cl)c3o2)c(OC)cc1Br. The first-order valence-electron chi connectivity index (χ1n) is 8.33. The van der Waals surface area contributed by atoms with Crippen molar-refractivity contribution in [3.05, 3.63) is 56.1 Å². The van der Waals surface area contributed by atoms with Gasteiger partial charge in [0.2, 0.25) is 6.79 Å². The summed E-state index contributed by atoms with van der Waals surface area (Å²) in [5.74, 6) is 0.742. The van der Waals surface area contributed by atoms with Crippen LogP contribution in [0.2, 0.25) is 5.02 Å². The highest BCUT2D eigenvalue weighted by atomic mass is 79.9. The van der Waals surface area contributed by atoms with Crippen LogP contribution in [-0.4, -0.2) is 19.9 Å². The molecule has 0 aliphatic rings. The average Bonchev–Trinajstić information content (AvgIpc) is 2.69. The molecule has 3 aromatic rings. The topological polar surface area (TPSA) is 75.0 Å². The molecule has 0 spiro atoms. The number of methoxy groups -OCH3 is 1. The number of halogens is 2. The summed E-state index contributed by atoms with van der Waals surface area (Å²) in [5, 5.41) is 0.714. The normalized spacial score (nSPS) is 10.7. The molecule has 146 valence electrons. The molecule has 3 rings (SSSR count). The van der Waals surface area contributed by atoms with Crippen molar-refractivity contribution < 1.29 is 23.4 Å². The Balaban J connectivity index is 2.06. The van der Waals surface area contributed by atoms with Gasteiger partial charge < -0.3 is 18.6 Å². The highest BCUT2D eigenvalue weighted by molar-refractivity contribution is 9.10. The van der Waals surface area contributed by atoms with E-state index in [1.165, 1.54) is 13.2 Å². The van der Waals surface area contributed by atoms with E-state index in [4.69, 9.17) is 30.2 Å². The average molecular weight is 468 g/mol. The number of ether oxygens (including phenoxy) is 3. The predicted octanol–water partition coefficient (Wildman–Crippen LogP) is 5.17. The predicted molar refractivity (Wildman–Crippen MR) is 109 cm³/mol. The lowest BCUT2D eigenvalue weighted by atomic mass is 10.1. The molecule has 1 aromatic heterocycles. The molecule has 0 aliphatic heterocycles. The number of hydrogen-bond acceptors (Lipinski definition) is 6. The monoisotopic (exact) mass is 466 g/mol. The fourth-order valence-corrected chi connectivity index (χ4v) is 3.19. The van der Waals surface area contributed by atoms with Gasteiger partial charge in [-0.15, -0.1) is 0 Å². The highest BCUT2D eigenvalue weighted by Gasteiger charge is 2.17. The highest BCUT2D eigenvalue weighted by Crippen LogP contribution is 2.39. The van der Waals surface area contributed by atoms with Gasteiger partial charge in [-0.1, -0.05) is 24.6 Å². The first-order valence-corrected chi connectivity index (χ1v) is 9.50. The van der Waals surface area contributed by atoms with Gasteiger partial charge >= 0.3 is 5.97 Å². The van der Waals surface area contributed by atoms with Crippen LogP contribution in [0.4, 0.5) is 0 Å². The molecule has 0 saturated carbocycles. The number of carbonyl (C=O) groups excluding carboxylic acids is 1. The lowest BCUT2D eigenvalue weighted by Gasteiger charge is -2.14. The molecule has 6 nitrogen and oxygen atoms in total. The molecule has 28 heavy (non-hydrogen) atoms. The molecular weight excluding hydrogens is 452 g/mol. The van der Waals surface area contributed by atoms with E-state index in [2.05, 4.69) is 15.9 Å². The smallest absolute Gasteiger partial charge is 0.308 e. The second-order valence-corrected chi connectivity index (χ2v) is 6.97. The summed E-state index contributed by atoms with van der Waals surface area (Å²) >= 11 is 9.57. The van der Waals surface area contributed by atoms with Crippen LogP contribution >= 0.6 is 27.5 Å². The minimum absolute atomic E-state index is 0.233. The standard InChI is InChI=1S/C20H16BrClO6/c1-3-19(24)27-10-26-18-7-12(16(25-2)8-13(18)21)17-9-15(23)11-5-4-6-14(22)20(11)28-17/h4-9H,3,10H2,1-2H3. The molecule has 0 fully saturated rings. The quantitative estimate of drug-likeness (QED) is 0.368. The van der Waals surface area contributed by atoms with Gasteiger partial charge in [-0.25, -0.2) is 0 Å². The van der Waals surface area contributed by atoms with Crippen LogP contribution in [0.25, 0.3) is 22.3 Å². The Morgan fingerprint density at radius 3 is 2.71 bits per heavy atom. The van der Waals surface area contributed by atoms with Crippen LogP contribution < -0.4 is 14.9 Å². The van der Waals surface area contributed by atoms with Crippen LogP contribution in [-0.2, 0) is 9.53 Å². The summed E-state index contributed by atoms with van der Waals surface area (Å²) in [6.07, 6.45) is 0.251. The Labute approximate surface area is 174 Å². The molecule has 2 aromatic carbocycles. The first-order chi connectivity index (χ1) is 13.4. The van der Waals surface area contributed by atoms with Gasteiger partial charge in [0.25, 0.3) is 0 Å². The van der Waals surface area contributed by atoms with Crippen LogP contribution in [0.1, 0.15) is 13.3 Å². The molecule has 0 bridgehead atoms. The Bertz CT molecular complexity index is 1090. The van der Waals surface area contributed by atoms with E-state index >= 15 is 0 Å². The van der Waals surface area contributed by atoms with Gasteiger partial charge in [0.05, 0.1) is 27.6 Å². The summed E-state index contributed by atoms with van der Waals surface area (Å²) in [6.45, 7) is 1.45. The summed E-state index contributed by atoms with van der Waals surface area (Å²) in [5.41, 5.74) is 0.542. The number of benzene rings is 2. The van der Waals surface area contributed by atoms with E-state index in [-0.39, 0.29) is 36.0 Å². The van der Waals surface area contributed by atoms with Crippen molar-refractivity contribution in [1.29, 1.82) is 0 Å². The first kappa shape index (κ1) is 20.2. The summed E-state index contributed by atoms with van der Waals surface area (Å²) in [4.78, 5) is 23.8. The van der Waals surface area contributed by atoms with E-state index < -0.39 is 0 Å². The van der Waals surface area contributed by atoms with Crippen molar-refractivity contribution in [2.75, 3.05) is 13.9 Å². The van der Waals surface area contributed by atoms with Crippen molar-refractivity contribution in [2.45, 2.75) is 13.3 Å². The van der Waals surface area contributed by atoms with Crippen LogP contribution in [0, 0.1) is 0 Å². The Hall–Kier alpha value is -2.51. The van der Waals surface area contributed by atoms with Crippen molar-refractivity contribution in [2.24, 2.45) is 0 Å². The van der Waals surface area contributed by atoms with Crippen LogP contribution in [0.15, 0.2) is 50.1 Å². The molecule has 0 amide bonds. The van der Waals surface area contributed by atoms with E-state index in [1.54, 1.807) is 37.3 Å². The number of carbonyl (C=O) groups is 1. The van der Waals surface area contributed by atoms with Gasteiger partial charge in [0.15, 0.2) is 11.0 Å². The molecule has 8 heteroatoms. The van der Waals surface area contributed by atoms with Gasteiger partial charge in [0, 0.05) is 12.5 Å².